The number of hydrogen-bond donors (Lipinski definition) is 0. The molecule has 1 aromatic heterocycles. The minimum absolute atomic E-state index is 0.0646. The van der Waals surface area contributed by atoms with Crippen LogP contribution in [0.3, 0.4) is 0 Å². The van der Waals surface area contributed by atoms with Crippen molar-refractivity contribution in [1.82, 2.24) is 10.1 Å². The van der Waals surface area contributed by atoms with E-state index in [1.165, 1.54) is 32.1 Å². The molecule has 1 aromatic carbocycles. The minimum Gasteiger partial charge on any atom is -0.350 e. The first kappa shape index (κ1) is 15.8. The van der Waals surface area contributed by atoms with Crippen molar-refractivity contribution in [3.05, 3.63) is 42.2 Å². The molecule has 1 aliphatic carbocycles. The van der Waals surface area contributed by atoms with Crippen molar-refractivity contribution in [3.63, 3.8) is 0 Å². The molecule has 1 saturated carbocycles. The van der Waals surface area contributed by atoms with E-state index in [4.69, 9.17) is 4.52 Å². The van der Waals surface area contributed by atoms with Crippen LogP contribution in [0, 0.1) is 0 Å². The molecule has 0 atom stereocenters. The van der Waals surface area contributed by atoms with Gasteiger partial charge in [0.15, 0.2) is 0 Å². The topological polar surface area (TPSA) is 46.3 Å². The second-order valence-electron chi connectivity index (χ2n) is 6.36. The molecular formula is C19H24N2O2. The molecular weight excluding hydrogens is 288 g/mol. The van der Waals surface area contributed by atoms with Gasteiger partial charge in [0.1, 0.15) is 5.69 Å². The second-order valence-corrected chi connectivity index (χ2v) is 6.36. The maximum absolute atomic E-state index is 12.7. The number of carbonyl (C=O) groups is 1. The lowest BCUT2D eigenvalue weighted by Crippen LogP contribution is -2.37. The van der Waals surface area contributed by atoms with E-state index in [-0.39, 0.29) is 5.91 Å². The van der Waals surface area contributed by atoms with Gasteiger partial charge >= 0.3 is 0 Å². The van der Waals surface area contributed by atoms with Gasteiger partial charge in [-0.05, 0) is 12.8 Å². The highest BCUT2D eigenvalue weighted by molar-refractivity contribution is 5.92. The summed E-state index contributed by atoms with van der Waals surface area (Å²) in [5.41, 5.74) is 1.67. The molecule has 1 fully saturated rings. The van der Waals surface area contributed by atoms with Gasteiger partial charge in [0.05, 0.1) is 0 Å². The van der Waals surface area contributed by atoms with Crippen molar-refractivity contribution in [2.75, 3.05) is 7.05 Å². The molecule has 1 heterocycles. The lowest BCUT2D eigenvalue weighted by atomic mass is 9.95. The van der Waals surface area contributed by atoms with Gasteiger partial charge in [-0.2, -0.15) is 0 Å². The van der Waals surface area contributed by atoms with E-state index in [9.17, 15) is 4.79 Å². The number of rotatable bonds is 3. The van der Waals surface area contributed by atoms with Crippen molar-refractivity contribution in [2.45, 2.75) is 51.0 Å². The van der Waals surface area contributed by atoms with E-state index in [0.29, 0.717) is 17.5 Å². The average Bonchev–Trinajstić information content (AvgIpc) is 3.04. The number of amides is 1. The van der Waals surface area contributed by atoms with Crippen LogP contribution in [0.1, 0.15) is 55.5 Å². The Morgan fingerprint density at radius 3 is 2.43 bits per heavy atom. The van der Waals surface area contributed by atoms with Crippen molar-refractivity contribution in [1.29, 1.82) is 0 Å². The Morgan fingerprint density at radius 2 is 1.74 bits per heavy atom. The molecule has 4 heteroatoms. The molecule has 1 aliphatic rings. The molecule has 0 saturated heterocycles. The number of benzene rings is 1. The summed E-state index contributed by atoms with van der Waals surface area (Å²) in [7, 11) is 1.89. The monoisotopic (exact) mass is 312 g/mol. The maximum atomic E-state index is 12.7. The first-order valence-electron chi connectivity index (χ1n) is 8.55. The highest BCUT2D eigenvalue weighted by atomic mass is 16.5. The Bertz CT molecular complexity index is 628. The van der Waals surface area contributed by atoms with Crippen LogP contribution in [0.4, 0.5) is 0 Å². The van der Waals surface area contributed by atoms with Crippen molar-refractivity contribution < 1.29 is 9.32 Å². The number of hydrogen-bond acceptors (Lipinski definition) is 3. The summed E-state index contributed by atoms with van der Waals surface area (Å²) in [6, 6.07) is 11.8. The zero-order valence-electron chi connectivity index (χ0n) is 13.7. The Morgan fingerprint density at radius 1 is 1.09 bits per heavy atom. The van der Waals surface area contributed by atoms with Crippen LogP contribution in [-0.2, 0) is 0 Å². The van der Waals surface area contributed by atoms with Crippen LogP contribution in [0.25, 0.3) is 11.3 Å². The Labute approximate surface area is 137 Å². The van der Waals surface area contributed by atoms with E-state index in [1.807, 2.05) is 42.3 Å². The zero-order chi connectivity index (χ0) is 16.1. The molecule has 1 amide bonds. The van der Waals surface area contributed by atoms with Gasteiger partial charge in [-0.1, -0.05) is 67.6 Å². The largest absolute Gasteiger partial charge is 0.350 e. The second kappa shape index (κ2) is 7.44. The zero-order valence-corrected chi connectivity index (χ0v) is 13.7. The smallest absolute Gasteiger partial charge is 0.292 e. The van der Waals surface area contributed by atoms with Crippen LogP contribution in [0.15, 0.2) is 40.9 Å². The molecule has 4 nitrogen and oxygen atoms in total. The quantitative estimate of drug-likeness (QED) is 0.836. The van der Waals surface area contributed by atoms with Gasteiger partial charge in [0, 0.05) is 24.7 Å². The molecule has 0 bridgehead atoms. The van der Waals surface area contributed by atoms with Gasteiger partial charge in [-0.15, -0.1) is 0 Å². The van der Waals surface area contributed by atoms with E-state index < -0.39 is 0 Å². The lowest BCUT2D eigenvalue weighted by molar-refractivity contribution is 0.0665. The third-order valence-electron chi connectivity index (χ3n) is 4.73. The third kappa shape index (κ3) is 3.81. The molecule has 0 aliphatic heterocycles. The van der Waals surface area contributed by atoms with E-state index in [2.05, 4.69) is 5.16 Å². The fourth-order valence-electron chi connectivity index (χ4n) is 3.28. The summed E-state index contributed by atoms with van der Waals surface area (Å²) in [6.07, 6.45) is 8.46. The molecule has 3 rings (SSSR count). The molecule has 0 radical (unpaired) electrons. The summed E-state index contributed by atoms with van der Waals surface area (Å²) < 4.78 is 5.31. The van der Waals surface area contributed by atoms with Crippen molar-refractivity contribution in [2.24, 2.45) is 0 Å². The highest BCUT2D eigenvalue weighted by Crippen LogP contribution is 2.23. The SMILES string of the molecule is CN(C(=O)c1cc(-c2ccccc2)no1)C1CCCCCCC1. The van der Waals surface area contributed by atoms with E-state index in [1.54, 1.807) is 6.07 Å². The average molecular weight is 312 g/mol. The van der Waals surface area contributed by atoms with Gasteiger partial charge in [0.2, 0.25) is 5.76 Å². The van der Waals surface area contributed by atoms with E-state index in [0.717, 1.165) is 18.4 Å². The van der Waals surface area contributed by atoms with Crippen molar-refractivity contribution in [3.8, 4) is 11.3 Å². The van der Waals surface area contributed by atoms with Crippen LogP contribution in [0.2, 0.25) is 0 Å². The minimum atomic E-state index is -0.0646. The van der Waals surface area contributed by atoms with E-state index >= 15 is 0 Å². The predicted molar refractivity (Wildman–Crippen MR) is 90.1 cm³/mol. The fraction of sp³-hybridized carbons (Fsp3) is 0.474. The third-order valence-corrected chi connectivity index (χ3v) is 4.73. The Kier molecular flexibility index (Phi) is 5.11. The Balaban J connectivity index is 1.71. The normalized spacial score (nSPS) is 16.6. The summed E-state index contributed by atoms with van der Waals surface area (Å²) in [6.45, 7) is 0. The predicted octanol–water partition coefficient (Wildman–Crippen LogP) is 4.53. The number of aromatic nitrogens is 1. The molecule has 0 unspecified atom stereocenters. The van der Waals surface area contributed by atoms with Crippen LogP contribution < -0.4 is 0 Å². The molecule has 0 N–H and O–H groups in total. The summed E-state index contributed by atoms with van der Waals surface area (Å²) in [4.78, 5) is 14.5. The number of carbonyl (C=O) groups excluding carboxylic acids is 1. The van der Waals surface area contributed by atoms with Crippen LogP contribution in [0.5, 0.6) is 0 Å². The summed E-state index contributed by atoms with van der Waals surface area (Å²) >= 11 is 0. The van der Waals surface area contributed by atoms with Gasteiger partial charge in [0.25, 0.3) is 5.91 Å². The summed E-state index contributed by atoms with van der Waals surface area (Å²) in [5.74, 6) is 0.263. The standard InChI is InChI=1S/C19H24N2O2/c1-21(16-12-8-3-2-4-9-13-16)19(22)18-14-17(20-23-18)15-10-6-5-7-11-15/h5-7,10-11,14,16H,2-4,8-9,12-13H2,1H3. The first-order chi connectivity index (χ1) is 11.3. The molecule has 2 aromatic rings. The Hall–Kier alpha value is -2.10. The van der Waals surface area contributed by atoms with Crippen LogP contribution in [-0.4, -0.2) is 29.1 Å². The molecule has 122 valence electrons. The highest BCUT2D eigenvalue weighted by Gasteiger charge is 2.24. The fourth-order valence-corrected chi connectivity index (χ4v) is 3.28. The van der Waals surface area contributed by atoms with Gasteiger partial charge in [-0.25, -0.2) is 0 Å². The van der Waals surface area contributed by atoms with Crippen molar-refractivity contribution >= 4 is 5.91 Å². The lowest BCUT2D eigenvalue weighted by Gasteiger charge is -2.28. The van der Waals surface area contributed by atoms with Gasteiger partial charge < -0.3 is 9.42 Å². The maximum Gasteiger partial charge on any atom is 0.292 e. The summed E-state index contributed by atoms with van der Waals surface area (Å²) in [5, 5.41) is 4.05. The van der Waals surface area contributed by atoms with Gasteiger partial charge in [-0.3, -0.25) is 4.79 Å². The molecule has 0 spiro atoms. The molecule has 23 heavy (non-hydrogen) atoms. The van der Waals surface area contributed by atoms with Crippen LogP contribution >= 0.6 is 0 Å². The first-order valence-corrected chi connectivity index (χ1v) is 8.55. The number of nitrogens with zero attached hydrogens (tertiary/aromatic N) is 2.